The molecule has 0 aromatic heterocycles. The number of ether oxygens (including phenoxy) is 1. The summed E-state index contributed by atoms with van der Waals surface area (Å²) >= 11 is 0. The van der Waals surface area contributed by atoms with E-state index in [9.17, 15) is 0 Å². The highest BCUT2D eigenvalue weighted by molar-refractivity contribution is 5.40. The van der Waals surface area contributed by atoms with Crippen LogP contribution < -0.4 is 10.6 Å². The van der Waals surface area contributed by atoms with Crippen molar-refractivity contribution in [2.75, 3.05) is 13.7 Å². The molecule has 0 unspecified atom stereocenters. The molecule has 21 heavy (non-hydrogen) atoms. The molecule has 3 nitrogen and oxygen atoms in total. The van der Waals surface area contributed by atoms with E-state index in [1.54, 1.807) is 7.11 Å². The van der Waals surface area contributed by atoms with E-state index in [4.69, 9.17) is 10.6 Å². The normalized spacial score (nSPS) is 12.1. The van der Waals surface area contributed by atoms with E-state index >= 15 is 0 Å². The molecule has 0 saturated carbocycles. The summed E-state index contributed by atoms with van der Waals surface area (Å²) in [7, 11) is 1.70. The Balaban J connectivity index is 2.23. The van der Waals surface area contributed by atoms with Gasteiger partial charge in [0.2, 0.25) is 0 Å². The maximum atomic E-state index is 5.32. The molecule has 112 valence electrons. The van der Waals surface area contributed by atoms with Crippen LogP contribution in [-0.2, 0) is 11.3 Å². The number of hydrogen-bond acceptors (Lipinski definition) is 3. The van der Waals surface area contributed by atoms with Gasteiger partial charge in [0.1, 0.15) is 5.75 Å². The highest BCUT2D eigenvalue weighted by Crippen LogP contribution is 2.29. The fourth-order valence-electron chi connectivity index (χ4n) is 2.62. The first-order valence-corrected chi connectivity index (χ1v) is 7.29. The minimum Gasteiger partial charge on any atom is -0.497 e. The van der Waals surface area contributed by atoms with Crippen molar-refractivity contribution >= 4 is 0 Å². The second-order valence-corrected chi connectivity index (χ2v) is 5.17. The lowest BCUT2D eigenvalue weighted by molar-refractivity contribution is 0.135. The van der Waals surface area contributed by atoms with Crippen molar-refractivity contribution in [1.29, 1.82) is 0 Å². The van der Waals surface area contributed by atoms with E-state index in [0.29, 0.717) is 12.5 Å². The average molecular weight is 285 g/mol. The van der Waals surface area contributed by atoms with Gasteiger partial charge in [-0.25, -0.2) is 5.90 Å². The Bertz CT molecular complexity index is 569. The van der Waals surface area contributed by atoms with E-state index in [0.717, 1.165) is 18.6 Å². The summed E-state index contributed by atoms with van der Waals surface area (Å²) in [5.74, 6) is 6.33. The van der Waals surface area contributed by atoms with E-state index in [2.05, 4.69) is 48.2 Å². The number of nitrogens with two attached hydrogens (primary N) is 1. The number of hydrogen-bond donors (Lipinski definition) is 1. The van der Waals surface area contributed by atoms with E-state index < -0.39 is 0 Å². The van der Waals surface area contributed by atoms with Crippen molar-refractivity contribution in [1.82, 2.24) is 0 Å². The first kappa shape index (κ1) is 15.5. The molecular formula is C18H23NO2. The summed E-state index contributed by atoms with van der Waals surface area (Å²) in [4.78, 5) is 4.66. The first-order chi connectivity index (χ1) is 10.3. The SMILES string of the molecule is COc1cccc([C@@H](C)c2ccccc2CCCON)c1. The topological polar surface area (TPSA) is 44.5 Å². The Kier molecular flexibility index (Phi) is 5.78. The molecule has 2 aromatic carbocycles. The zero-order valence-corrected chi connectivity index (χ0v) is 12.7. The molecule has 0 amide bonds. The maximum absolute atomic E-state index is 5.32. The molecule has 2 aromatic rings. The lowest BCUT2D eigenvalue weighted by atomic mass is 9.88. The predicted molar refractivity (Wildman–Crippen MR) is 85.4 cm³/mol. The van der Waals surface area contributed by atoms with Crippen molar-refractivity contribution in [2.45, 2.75) is 25.7 Å². The molecule has 0 radical (unpaired) electrons. The largest absolute Gasteiger partial charge is 0.497 e. The van der Waals surface area contributed by atoms with Gasteiger partial charge in [0.25, 0.3) is 0 Å². The summed E-state index contributed by atoms with van der Waals surface area (Å²) < 4.78 is 5.32. The summed E-state index contributed by atoms with van der Waals surface area (Å²) in [6.45, 7) is 2.81. The number of methoxy groups -OCH3 is 1. The number of aryl methyl sites for hydroxylation is 1. The zero-order valence-electron chi connectivity index (χ0n) is 12.7. The molecule has 2 rings (SSSR count). The Hall–Kier alpha value is -1.84. The first-order valence-electron chi connectivity index (χ1n) is 7.29. The molecule has 0 bridgehead atoms. The van der Waals surface area contributed by atoms with Crippen molar-refractivity contribution in [3.8, 4) is 5.75 Å². The van der Waals surface area contributed by atoms with E-state index in [-0.39, 0.29) is 0 Å². The van der Waals surface area contributed by atoms with Gasteiger partial charge in [0, 0.05) is 5.92 Å². The molecule has 2 N–H and O–H groups in total. The fourth-order valence-corrected chi connectivity index (χ4v) is 2.62. The van der Waals surface area contributed by atoms with Crippen molar-refractivity contribution in [3.05, 3.63) is 65.2 Å². The van der Waals surface area contributed by atoms with E-state index in [1.165, 1.54) is 16.7 Å². The van der Waals surface area contributed by atoms with Crippen LogP contribution in [0.25, 0.3) is 0 Å². The third kappa shape index (κ3) is 4.06. The highest BCUT2D eigenvalue weighted by atomic mass is 16.6. The molecule has 3 heteroatoms. The quantitative estimate of drug-likeness (QED) is 0.623. The summed E-state index contributed by atoms with van der Waals surface area (Å²) in [5, 5.41) is 0. The standard InChI is InChI=1S/C18H23NO2/c1-14(16-8-5-10-17(13-16)20-2)18-11-4-3-7-15(18)9-6-12-21-19/h3-5,7-8,10-11,13-14H,6,9,12,19H2,1-2H3/t14-/m1/s1. The maximum Gasteiger partial charge on any atom is 0.119 e. The third-order valence-corrected chi connectivity index (χ3v) is 3.82. The second-order valence-electron chi connectivity index (χ2n) is 5.17. The van der Waals surface area contributed by atoms with Crippen molar-refractivity contribution in [3.63, 3.8) is 0 Å². The highest BCUT2D eigenvalue weighted by Gasteiger charge is 2.12. The Morgan fingerprint density at radius 1 is 1.10 bits per heavy atom. The van der Waals surface area contributed by atoms with Gasteiger partial charge in [-0.3, -0.25) is 0 Å². The molecule has 0 aliphatic carbocycles. The summed E-state index contributed by atoms with van der Waals surface area (Å²) in [6.07, 6.45) is 1.90. The van der Waals surface area contributed by atoms with E-state index in [1.807, 2.05) is 12.1 Å². The van der Waals surface area contributed by atoms with Crippen LogP contribution in [0.1, 0.15) is 36.0 Å². The van der Waals surface area contributed by atoms with Crippen LogP contribution in [0.5, 0.6) is 5.75 Å². The van der Waals surface area contributed by atoms with Crippen LogP contribution in [0.4, 0.5) is 0 Å². The van der Waals surface area contributed by atoms with Gasteiger partial charge < -0.3 is 9.57 Å². The number of benzene rings is 2. The lowest BCUT2D eigenvalue weighted by Gasteiger charge is -2.17. The molecule has 1 atom stereocenters. The average Bonchev–Trinajstić information content (AvgIpc) is 2.55. The minimum absolute atomic E-state index is 0.329. The predicted octanol–water partition coefficient (Wildman–Crippen LogP) is 3.67. The molecule has 0 heterocycles. The van der Waals surface area contributed by atoms with Gasteiger partial charge >= 0.3 is 0 Å². The lowest BCUT2D eigenvalue weighted by Crippen LogP contribution is -2.05. The van der Waals surface area contributed by atoms with Crippen molar-refractivity contribution in [2.24, 2.45) is 5.90 Å². The smallest absolute Gasteiger partial charge is 0.119 e. The molecule has 0 fully saturated rings. The Labute approximate surface area is 126 Å². The zero-order chi connectivity index (χ0) is 15.1. The van der Waals surface area contributed by atoms with Crippen LogP contribution >= 0.6 is 0 Å². The van der Waals surface area contributed by atoms with Crippen LogP contribution in [0, 0.1) is 0 Å². The second kappa shape index (κ2) is 7.81. The van der Waals surface area contributed by atoms with Gasteiger partial charge in [0.05, 0.1) is 13.7 Å². The van der Waals surface area contributed by atoms with Crippen LogP contribution in [0.2, 0.25) is 0 Å². The van der Waals surface area contributed by atoms with Crippen LogP contribution in [0.3, 0.4) is 0 Å². The van der Waals surface area contributed by atoms with Gasteiger partial charge in [-0.2, -0.15) is 0 Å². The minimum atomic E-state index is 0.329. The molecule has 0 aliphatic rings. The Morgan fingerprint density at radius 3 is 2.67 bits per heavy atom. The monoisotopic (exact) mass is 285 g/mol. The molecule has 0 saturated heterocycles. The Morgan fingerprint density at radius 2 is 1.90 bits per heavy atom. The van der Waals surface area contributed by atoms with Gasteiger partial charge in [-0.15, -0.1) is 0 Å². The van der Waals surface area contributed by atoms with Crippen LogP contribution in [0.15, 0.2) is 48.5 Å². The van der Waals surface area contributed by atoms with Crippen LogP contribution in [-0.4, -0.2) is 13.7 Å². The fraction of sp³-hybridized carbons (Fsp3) is 0.333. The number of rotatable bonds is 7. The molecular weight excluding hydrogens is 262 g/mol. The molecule has 0 spiro atoms. The van der Waals surface area contributed by atoms with Crippen molar-refractivity contribution < 1.29 is 9.57 Å². The third-order valence-electron chi connectivity index (χ3n) is 3.82. The van der Waals surface area contributed by atoms with Gasteiger partial charge in [-0.05, 0) is 41.7 Å². The van der Waals surface area contributed by atoms with Gasteiger partial charge in [0.15, 0.2) is 0 Å². The summed E-state index contributed by atoms with van der Waals surface area (Å²) in [6, 6.07) is 16.8. The summed E-state index contributed by atoms with van der Waals surface area (Å²) in [5.41, 5.74) is 3.96. The molecule has 0 aliphatic heterocycles. The van der Waals surface area contributed by atoms with Gasteiger partial charge in [-0.1, -0.05) is 43.3 Å².